The predicted molar refractivity (Wildman–Crippen MR) is 229 cm³/mol. The molecule has 2 unspecified atom stereocenters. The minimum absolute atomic E-state index is 0.0374. The monoisotopic (exact) mass is 762 g/mol. The molecule has 2 aromatic heterocycles. The number of carbonyl (C=O) groups is 2. The molecular weight excluding hydrogens is 705 g/mol. The van der Waals surface area contributed by atoms with E-state index in [1.54, 1.807) is 22.7 Å². The van der Waals surface area contributed by atoms with Crippen LogP contribution in [-0.4, -0.2) is 47.8 Å². The number of nitrogens with zero attached hydrogens (tertiary/aromatic N) is 2. The van der Waals surface area contributed by atoms with E-state index in [1.807, 2.05) is 9.80 Å². The number of rotatable bonds is 20. The van der Waals surface area contributed by atoms with Gasteiger partial charge in [-0.25, -0.2) is 0 Å². The largest absolute Gasteiger partial charge is 0.330 e. The van der Waals surface area contributed by atoms with E-state index in [0.717, 1.165) is 106 Å². The van der Waals surface area contributed by atoms with Gasteiger partial charge in [-0.15, -0.1) is 22.7 Å². The van der Waals surface area contributed by atoms with Crippen LogP contribution in [0.5, 0.6) is 0 Å². The number of fused-ring (bicyclic) bond motifs is 1. The Bertz CT molecular complexity index is 1810. The number of hydrogen-bond acceptors (Lipinski definition) is 6. The van der Waals surface area contributed by atoms with Crippen molar-refractivity contribution in [3.8, 4) is 20.9 Å². The van der Waals surface area contributed by atoms with Crippen LogP contribution >= 0.6 is 22.7 Å². The van der Waals surface area contributed by atoms with Gasteiger partial charge in [0.25, 0.3) is 11.8 Å². The van der Waals surface area contributed by atoms with E-state index in [9.17, 15) is 0 Å². The lowest BCUT2D eigenvalue weighted by atomic mass is 9.98. The zero-order valence-electron chi connectivity index (χ0n) is 32.7. The summed E-state index contributed by atoms with van der Waals surface area (Å²) in [6, 6.07) is 25.7. The Morgan fingerprint density at radius 3 is 1.24 bits per heavy atom. The molecule has 6 rings (SSSR count). The smallest absolute Gasteiger partial charge is 0.261 e. The van der Waals surface area contributed by atoms with Gasteiger partial charge < -0.3 is 21.3 Å². The van der Waals surface area contributed by atoms with Gasteiger partial charge in [-0.1, -0.05) is 115 Å². The highest BCUT2D eigenvalue weighted by Crippen LogP contribution is 2.50. The highest BCUT2D eigenvalue weighted by Gasteiger charge is 2.50. The van der Waals surface area contributed by atoms with Crippen LogP contribution in [0.25, 0.3) is 32.3 Å². The Balaban J connectivity index is 1.49. The van der Waals surface area contributed by atoms with E-state index in [4.69, 9.17) is 11.5 Å². The van der Waals surface area contributed by atoms with E-state index in [2.05, 4.69) is 100 Å². The van der Waals surface area contributed by atoms with Gasteiger partial charge in [-0.05, 0) is 97.1 Å². The third kappa shape index (κ3) is 8.52. The maximum absolute atomic E-state index is 15.1. The van der Waals surface area contributed by atoms with Gasteiger partial charge in [-0.3, -0.25) is 9.59 Å². The normalized spacial score (nSPS) is 15.6. The Kier molecular flexibility index (Phi) is 13.8. The fourth-order valence-electron chi connectivity index (χ4n) is 7.85. The molecule has 0 spiro atoms. The minimum Gasteiger partial charge on any atom is -0.330 e. The molecule has 4 heterocycles. The second kappa shape index (κ2) is 18.7. The van der Waals surface area contributed by atoms with Crippen LogP contribution in [0.15, 0.2) is 83.9 Å². The van der Waals surface area contributed by atoms with Crippen LogP contribution < -0.4 is 11.5 Å². The van der Waals surface area contributed by atoms with Crippen LogP contribution in [0.2, 0.25) is 0 Å². The fraction of sp³-hybridized carbons (Fsp3) is 0.435. The van der Waals surface area contributed by atoms with E-state index in [0.29, 0.717) is 49.2 Å². The molecule has 2 aliphatic rings. The van der Waals surface area contributed by atoms with Crippen LogP contribution in [0.3, 0.4) is 0 Å². The average Bonchev–Trinajstić information content (AvgIpc) is 3.98. The van der Waals surface area contributed by atoms with Crippen molar-refractivity contribution in [1.82, 2.24) is 9.80 Å². The van der Waals surface area contributed by atoms with Crippen molar-refractivity contribution >= 4 is 45.9 Å². The minimum atomic E-state index is -0.0374. The van der Waals surface area contributed by atoms with Crippen molar-refractivity contribution in [1.29, 1.82) is 0 Å². The highest BCUT2D eigenvalue weighted by atomic mass is 32.1. The summed E-state index contributed by atoms with van der Waals surface area (Å²) < 4.78 is 0. The van der Waals surface area contributed by atoms with Crippen LogP contribution in [0, 0.1) is 11.8 Å². The van der Waals surface area contributed by atoms with Crippen molar-refractivity contribution in [2.45, 2.75) is 91.9 Å². The summed E-state index contributed by atoms with van der Waals surface area (Å²) in [7, 11) is 0. The van der Waals surface area contributed by atoms with E-state index < -0.39 is 0 Å². The van der Waals surface area contributed by atoms with Crippen molar-refractivity contribution in [2.24, 2.45) is 23.3 Å². The zero-order valence-corrected chi connectivity index (χ0v) is 34.3. The molecule has 0 saturated heterocycles. The van der Waals surface area contributed by atoms with Gasteiger partial charge in [0.1, 0.15) is 0 Å². The number of hydrogen-bond donors (Lipinski definition) is 2. The topological polar surface area (TPSA) is 92.7 Å². The molecule has 2 atom stereocenters. The first-order chi connectivity index (χ1) is 26.3. The van der Waals surface area contributed by atoms with Crippen molar-refractivity contribution in [3.05, 3.63) is 105 Å². The lowest BCUT2D eigenvalue weighted by molar-refractivity contribution is -0.124. The van der Waals surface area contributed by atoms with Crippen LogP contribution in [0.4, 0.5) is 0 Å². The molecule has 8 heteroatoms. The quantitative estimate of drug-likeness (QED) is 0.0938. The lowest BCUT2D eigenvalue weighted by Gasteiger charge is -2.29. The number of unbranched alkanes of at least 4 members (excludes halogenated alkanes) is 2. The zero-order chi connectivity index (χ0) is 38.2. The SMILES string of the molecule is CCCCC(CC)CN1C(=O)C2=C(c3ccc(-c4ccc(CCN)cc4)s3)N(CC(CC)CCCC)C(=O)C2=C1c1ccc(-c2ccc(CCN)cc2)s1. The molecule has 0 radical (unpaired) electrons. The Morgan fingerprint density at radius 1 is 0.537 bits per heavy atom. The van der Waals surface area contributed by atoms with E-state index in [1.165, 1.54) is 11.1 Å². The van der Waals surface area contributed by atoms with Crippen molar-refractivity contribution in [3.63, 3.8) is 0 Å². The summed E-state index contributed by atoms with van der Waals surface area (Å²) in [4.78, 5) is 38.3. The standard InChI is InChI=1S/C46H58N4O2S2/c1-5-9-11-31(7-3)29-49-43(39-23-21-37(53-39)35-17-13-33(14-18-35)25-27-47)41-42(45(49)51)44(50(46(41)52)30-32(8-4)12-10-6-2)40-24-22-38(54-40)36-19-15-34(16-20-36)26-28-48/h13-24,31-32H,5-12,25-30,47-48H2,1-4H3. The van der Waals surface area contributed by atoms with E-state index in [-0.39, 0.29) is 11.8 Å². The fourth-order valence-corrected chi connectivity index (χ4v) is 10.00. The number of benzene rings is 2. The number of thiophene rings is 2. The average molecular weight is 763 g/mol. The van der Waals surface area contributed by atoms with Gasteiger partial charge in [0.15, 0.2) is 0 Å². The first-order valence-corrected chi connectivity index (χ1v) is 21.9. The summed E-state index contributed by atoms with van der Waals surface area (Å²) in [5, 5.41) is 0. The van der Waals surface area contributed by atoms with Gasteiger partial charge in [-0.2, -0.15) is 0 Å². The molecule has 2 aromatic carbocycles. The molecule has 6 nitrogen and oxygen atoms in total. The number of amides is 2. The van der Waals surface area contributed by atoms with Gasteiger partial charge in [0, 0.05) is 22.8 Å². The van der Waals surface area contributed by atoms with Crippen molar-refractivity contribution in [2.75, 3.05) is 26.2 Å². The third-order valence-electron chi connectivity index (χ3n) is 11.2. The lowest BCUT2D eigenvalue weighted by Crippen LogP contribution is -2.34. The summed E-state index contributed by atoms with van der Waals surface area (Å²) in [6.45, 7) is 11.3. The molecule has 4 N–H and O–H groups in total. The molecule has 2 aliphatic heterocycles. The summed E-state index contributed by atoms with van der Waals surface area (Å²) in [5.41, 5.74) is 19.1. The Labute approximate surface area is 331 Å². The summed E-state index contributed by atoms with van der Waals surface area (Å²) in [6.07, 6.45) is 10.3. The van der Waals surface area contributed by atoms with E-state index >= 15 is 9.59 Å². The Hall–Kier alpha value is -3.82. The third-order valence-corrected chi connectivity index (χ3v) is 13.5. The van der Waals surface area contributed by atoms with Crippen molar-refractivity contribution < 1.29 is 9.59 Å². The molecule has 2 amide bonds. The highest BCUT2D eigenvalue weighted by molar-refractivity contribution is 7.17. The second-order valence-corrected chi connectivity index (χ2v) is 17.1. The predicted octanol–water partition coefficient (Wildman–Crippen LogP) is 10.4. The van der Waals surface area contributed by atoms with Gasteiger partial charge in [0.05, 0.1) is 32.3 Å². The molecular formula is C46H58N4O2S2. The summed E-state index contributed by atoms with van der Waals surface area (Å²) in [5.74, 6) is 0.624. The number of carbonyl (C=O) groups excluding carboxylic acids is 2. The summed E-state index contributed by atoms with van der Waals surface area (Å²) >= 11 is 3.34. The molecule has 4 aromatic rings. The molecule has 0 fully saturated rings. The molecule has 0 aliphatic carbocycles. The van der Waals surface area contributed by atoms with Gasteiger partial charge >= 0.3 is 0 Å². The molecule has 54 heavy (non-hydrogen) atoms. The molecule has 0 bridgehead atoms. The van der Waals surface area contributed by atoms with Crippen LogP contribution in [-0.2, 0) is 22.4 Å². The molecule has 0 saturated carbocycles. The number of nitrogens with two attached hydrogens (primary N) is 2. The second-order valence-electron chi connectivity index (χ2n) is 14.9. The first kappa shape index (κ1) is 39.9. The first-order valence-electron chi connectivity index (χ1n) is 20.3. The maximum Gasteiger partial charge on any atom is 0.261 e. The van der Waals surface area contributed by atoms with Crippen LogP contribution in [0.1, 0.15) is 99.9 Å². The van der Waals surface area contributed by atoms with Gasteiger partial charge in [0.2, 0.25) is 0 Å². The maximum atomic E-state index is 15.1. The molecule has 286 valence electrons. The Morgan fingerprint density at radius 2 is 0.907 bits per heavy atom.